The predicted octanol–water partition coefficient (Wildman–Crippen LogP) is 4.04. The lowest BCUT2D eigenvalue weighted by molar-refractivity contribution is 0.427. The number of halogens is 3. The number of hydrogen-bond donors (Lipinski definition) is 1. The van der Waals surface area contributed by atoms with Crippen LogP contribution in [-0.2, 0) is 0 Å². The van der Waals surface area contributed by atoms with Gasteiger partial charge in [-0.25, -0.2) is 18.7 Å². The van der Waals surface area contributed by atoms with E-state index in [1.165, 1.54) is 12.4 Å². The summed E-state index contributed by atoms with van der Waals surface area (Å²) in [6.07, 6.45) is 1.34. The Labute approximate surface area is 141 Å². The van der Waals surface area contributed by atoms with Crippen molar-refractivity contribution in [3.05, 3.63) is 58.9 Å². The van der Waals surface area contributed by atoms with Gasteiger partial charge in [0.25, 0.3) is 0 Å². The summed E-state index contributed by atoms with van der Waals surface area (Å²) in [6, 6.07) is 8.07. The van der Waals surface area contributed by atoms with E-state index in [0.29, 0.717) is 16.8 Å². The van der Waals surface area contributed by atoms with Crippen LogP contribution in [0.15, 0.2) is 36.7 Å². The van der Waals surface area contributed by atoms with Crippen molar-refractivity contribution in [3.63, 3.8) is 0 Å². The lowest BCUT2D eigenvalue weighted by atomic mass is 9.93. The van der Waals surface area contributed by atoms with Crippen molar-refractivity contribution in [2.24, 2.45) is 0 Å². The molecule has 4 rings (SSSR count). The van der Waals surface area contributed by atoms with E-state index in [4.69, 9.17) is 16.3 Å². The molecule has 3 aromatic rings. The molecule has 0 amide bonds. The SMILES string of the molecule is Fc1ccc(Oc2ncnc3ccc(C4CNC4)cc23)c(F)c1Cl. The molecule has 4 nitrogen and oxygen atoms in total. The molecule has 1 saturated heterocycles. The van der Waals surface area contributed by atoms with Gasteiger partial charge in [0.2, 0.25) is 5.88 Å². The van der Waals surface area contributed by atoms with Crippen molar-refractivity contribution in [2.75, 3.05) is 13.1 Å². The lowest BCUT2D eigenvalue weighted by Crippen LogP contribution is -2.39. The first-order valence-electron chi connectivity index (χ1n) is 7.40. The van der Waals surface area contributed by atoms with E-state index in [-0.39, 0.29) is 11.6 Å². The molecule has 0 saturated carbocycles. The topological polar surface area (TPSA) is 47.0 Å². The summed E-state index contributed by atoms with van der Waals surface area (Å²) < 4.78 is 32.9. The molecule has 1 N–H and O–H groups in total. The van der Waals surface area contributed by atoms with Crippen molar-refractivity contribution in [3.8, 4) is 11.6 Å². The van der Waals surface area contributed by atoms with E-state index in [0.717, 1.165) is 24.7 Å². The molecule has 7 heteroatoms. The van der Waals surface area contributed by atoms with Crippen molar-refractivity contribution in [1.29, 1.82) is 0 Å². The maximum atomic E-state index is 14.1. The number of nitrogens with one attached hydrogen (secondary N) is 1. The molecule has 1 aliphatic heterocycles. The first kappa shape index (κ1) is 15.2. The Balaban J connectivity index is 1.77. The number of aromatic nitrogens is 2. The van der Waals surface area contributed by atoms with Gasteiger partial charge in [0.15, 0.2) is 11.6 Å². The number of rotatable bonds is 3. The Morgan fingerprint density at radius 2 is 1.96 bits per heavy atom. The van der Waals surface area contributed by atoms with Crippen LogP contribution >= 0.6 is 11.6 Å². The van der Waals surface area contributed by atoms with Crippen LogP contribution in [0.5, 0.6) is 11.6 Å². The van der Waals surface area contributed by atoms with Crippen LogP contribution in [-0.4, -0.2) is 23.1 Å². The maximum Gasteiger partial charge on any atom is 0.230 e. The van der Waals surface area contributed by atoms with Crippen molar-refractivity contribution in [1.82, 2.24) is 15.3 Å². The van der Waals surface area contributed by atoms with Gasteiger partial charge in [-0.3, -0.25) is 0 Å². The fourth-order valence-corrected chi connectivity index (χ4v) is 2.76. The third-order valence-corrected chi connectivity index (χ3v) is 4.43. The van der Waals surface area contributed by atoms with Gasteiger partial charge in [-0.15, -0.1) is 0 Å². The summed E-state index contributed by atoms with van der Waals surface area (Å²) in [5.41, 5.74) is 1.82. The fraction of sp³-hybridized carbons (Fsp3) is 0.176. The third kappa shape index (κ3) is 2.57. The molecular formula is C17H12ClF2N3O. The van der Waals surface area contributed by atoms with Crippen LogP contribution in [0, 0.1) is 11.6 Å². The minimum absolute atomic E-state index is 0.183. The zero-order chi connectivity index (χ0) is 16.7. The smallest absolute Gasteiger partial charge is 0.230 e. The van der Waals surface area contributed by atoms with Crippen LogP contribution in [0.25, 0.3) is 10.9 Å². The average Bonchev–Trinajstić information content (AvgIpc) is 2.54. The van der Waals surface area contributed by atoms with Gasteiger partial charge in [-0.05, 0) is 29.8 Å². The van der Waals surface area contributed by atoms with E-state index in [2.05, 4.69) is 15.3 Å². The second-order valence-electron chi connectivity index (χ2n) is 5.59. The van der Waals surface area contributed by atoms with E-state index in [1.807, 2.05) is 18.2 Å². The van der Waals surface area contributed by atoms with Gasteiger partial charge in [0.05, 0.1) is 10.9 Å². The van der Waals surface area contributed by atoms with Crippen molar-refractivity contribution >= 4 is 22.5 Å². The van der Waals surface area contributed by atoms with Crippen LogP contribution in [0.4, 0.5) is 8.78 Å². The van der Waals surface area contributed by atoms with Gasteiger partial charge >= 0.3 is 0 Å². The van der Waals surface area contributed by atoms with Crippen LogP contribution in [0.2, 0.25) is 5.02 Å². The van der Waals surface area contributed by atoms with E-state index >= 15 is 0 Å². The quantitative estimate of drug-likeness (QED) is 0.726. The van der Waals surface area contributed by atoms with Gasteiger partial charge in [0, 0.05) is 19.0 Å². The number of ether oxygens (including phenoxy) is 1. The first-order valence-corrected chi connectivity index (χ1v) is 7.78. The second-order valence-corrected chi connectivity index (χ2v) is 5.96. The summed E-state index contributed by atoms with van der Waals surface area (Å²) in [5, 5.41) is 3.28. The van der Waals surface area contributed by atoms with Gasteiger partial charge in [-0.1, -0.05) is 17.7 Å². The highest BCUT2D eigenvalue weighted by Crippen LogP contribution is 2.33. The minimum Gasteiger partial charge on any atom is -0.435 e. The molecule has 2 heterocycles. The summed E-state index contributed by atoms with van der Waals surface area (Å²) in [5.74, 6) is -1.34. The lowest BCUT2D eigenvalue weighted by Gasteiger charge is -2.27. The number of hydrogen-bond acceptors (Lipinski definition) is 4. The molecule has 1 aliphatic rings. The Morgan fingerprint density at radius 1 is 1.12 bits per heavy atom. The van der Waals surface area contributed by atoms with E-state index in [1.54, 1.807) is 0 Å². The molecule has 0 radical (unpaired) electrons. The Kier molecular flexibility index (Phi) is 3.78. The van der Waals surface area contributed by atoms with Crippen LogP contribution < -0.4 is 10.1 Å². The third-order valence-electron chi connectivity index (χ3n) is 4.08. The molecule has 0 bridgehead atoms. The molecule has 0 spiro atoms. The largest absolute Gasteiger partial charge is 0.435 e. The second kappa shape index (κ2) is 5.96. The summed E-state index contributed by atoms with van der Waals surface area (Å²) in [6.45, 7) is 1.83. The number of benzene rings is 2. The number of nitrogens with zero attached hydrogens (tertiary/aromatic N) is 2. The predicted molar refractivity (Wildman–Crippen MR) is 86.6 cm³/mol. The Bertz CT molecular complexity index is 931. The van der Waals surface area contributed by atoms with Gasteiger partial charge in [-0.2, -0.15) is 0 Å². The maximum absolute atomic E-state index is 14.1. The van der Waals surface area contributed by atoms with Gasteiger partial charge in [0.1, 0.15) is 17.2 Å². The molecule has 1 aromatic heterocycles. The zero-order valence-electron chi connectivity index (χ0n) is 12.4. The highest BCUT2D eigenvalue weighted by molar-refractivity contribution is 6.31. The fourth-order valence-electron chi connectivity index (χ4n) is 2.60. The summed E-state index contributed by atoms with van der Waals surface area (Å²) >= 11 is 5.59. The van der Waals surface area contributed by atoms with Gasteiger partial charge < -0.3 is 10.1 Å². The summed E-state index contributed by atoms with van der Waals surface area (Å²) in [7, 11) is 0. The molecule has 122 valence electrons. The Morgan fingerprint density at radius 3 is 2.71 bits per heavy atom. The molecule has 0 atom stereocenters. The highest BCUT2D eigenvalue weighted by atomic mass is 35.5. The van der Waals surface area contributed by atoms with E-state index < -0.39 is 16.7 Å². The zero-order valence-corrected chi connectivity index (χ0v) is 13.1. The monoisotopic (exact) mass is 347 g/mol. The van der Waals surface area contributed by atoms with Crippen molar-refractivity contribution < 1.29 is 13.5 Å². The molecule has 1 fully saturated rings. The highest BCUT2D eigenvalue weighted by Gasteiger charge is 2.20. The summed E-state index contributed by atoms with van der Waals surface area (Å²) in [4.78, 5) is 8.28. The Hall–Kier alpha value is -2.31. The number of fused-ring (bicyclic) bond motifs is 1. The van der Waals surface area contributed by atoms with Crippen molar-refractivity contribution in [2.45, 2.75) is 5.92 Å². The molecule has 0 unspecified atom stereocenters. The molecule has 2 aromatic carbocycles. The molecular weight excluding hydrogens is 336 g/mol. The average molecular weight is 348 g/mol. The first-order chi connectivity index (χ1) is 11.6. The van der Waals surface area contributed by atoms with E-state index in [9.17, 15) is 8.78 Å². The molecule has 0 aliphatic carbocycles. The standard InChI is InChI=1S/C17H12ClF2N3O/c18-15-12(19)2-4-14(16(15)20)24-17-11-5-9(10-6-21-7-10)1-3-13(11)22-8-23-17/h1-5,8,10,21H,6-7H2. The minimum atomic E-state index is -0.956. The normalized spacial score (nSPS) is 14.6. The molecule has 24 heavy (non-hydrogen) atoms. The van der Waals surface area contributed by atoms with Crippen LogP contribution in [0.3, 0.4) is 0 Å². The van der Waals surface area contributed by atoms with Crippen LogP contribution in [0.1, 0.15) is 11.5 Å².